The van der Waals surface area contributed by atoms with Crippen molar-refractivity contribution in [3.63, 3.8) is 0 Å². The Bertz CT molecular complexity index is 726. The predicted molar refractivity (Wildman–Crippen MR) is 78.2 cm³/mol. The molecule has 0 amide bonds. The second kappa shape index (κ2) is 4.25. The summed E-state index contributed by atoms with van der Waals surface area (Å²) in [5.41, 5.74) is 6.99. The molecule has 0 radical (unpaired) electrons. The summed E-state index contributed by atoms with van der Waals surface area (Å²) >= 11 is 0. The molecule has 1 aliphatic heterocycles. The molecule has 2 nitrogen and oxygen atoms in total. The quantitative estimate of drug-likeness (QED) is 0.699. The van der Waals surface area contributed by atoms with E-state index in [1.165, 1.54) is 27.9 Å². The van der Waals surface area contributed by atoms with Crippen molar-refractivity contribution in [3.05, 3.63) is 66.0 Å². The van der Waals surface area contributed by atoms with Crippen LogP contribution in [0.25, 0.3) is 16.6 Å². The Morgan fingerprint density at radius 1 is 0.947 bits per heavy atom. The third-order valence-electron chi connectivity index (χ3n) is 3.96. The van der Waals surface area contributed by atoms with E-state index in [4.69, 9.17) is 0 Å². The largest absolute Gasteiger partial charge is 0.319 e. The van der Waals surface area contributed by atoms with Gasteiger partial charge in [0, 0.05) is 24.0 Å². The van der Waals surface area contributed by atoms with E-state index in [1.807, 2.05) is 0 Å². The summed E-state index contributed by atoms with van der Waals surface area (Å²) in [7, 11) is 0. The maximum Gasteiger partial charge on any atom is 0.0534 e. The first-order valence-electron chi connectivity index (χ1n) is 6.82. The lowest BCUT2D eigenvalue weighted by Gasteiger charge is -2.15. The maximum atomic E-state index is 3.48. The van der Waals surface area contributed by atoms with Gasteiger partial charge in [-0.3, -0.25) is 0 Å². The summed E-state index contributed by atoms with van der Waals surface area (Å²) in [6, 6.07) is 17.2. The fraction of sp³-hybridized carbons (Fsp3) is 0.176. The van der Waals surface area contributed by atoms with Gasteiger partial charge in [-0.1, -0.05) is 36.4 Å². The zero-order valence-corrected chi connectivity index (χ0v) is 10.8. The van der Waals surface area contributed by atoms with Gasteiger partial charge in [-0.05, 0) is 36.2 Å². The average molecular weight is 248 g/mol. The minimum absolute atomic E-state index is 0.966. The number of hydrogen-bond acceptors (Lipinski definition) is 1. The van der Waals surface area contributed by atoms with Gasteiger partial charge in [-0.2, -0.15) is 0 Å². The zero-order chi connectivity index (χ0) is 12.7. The number of nitrogens with one attached hydrogen (secondary N) is 1. The third-order valence-corrected chi connectivity index (χ3v) is 3.96. The van der Waals surface area contributed by atoms with Crippen LogP contribution in [0.2, 0.25) is 0 Å². The Labute approximate surface area is 112 Å². The average Bonchev–Trinajstić information content (AvgIpc) is 2.83. The highest BCUT2D eigenvalue weighted by atomic mass is 15.0. The van der Waals surface area contributed by atoms with E-state index in [0.29, 0.717) is 0 Å². The number of pyridine rings is 1. The summed E-state index contributed by atoms with van der Waals surface area (Å²) in [6.07, 6.45) is 3.29. The first-order chi connectivity index (χ1) is 9.45. The summed E-state index contributed by atoms with van der Waals surface area (Å²) in [5.74, 6) is 0. The highest BCUT2D eigenvalue weighted by Gasteiger charge is 2.20. The molecule has 0 atom stereocenters. The van der Waals surface area contributed by atoms with Crippen LogP contribution in [-0.2, 0) is 13.0 Å². The molecule has 3 heterocycles. The molecular formula is C17H16N2. The van der Waals surface area contributed by atoms with Crippen molar-refractivity contribution in [2.45, 2.75) is 13.0 Å². The van der Waals surface area contributed by atoms with Crippen molar-refractivity contribution >= 4 is 5.52 Å². The summed E-state index contributed by atoms with van der Waals surface area (Å²) < 4.78 is 2.34. The van der Waals surface area contributed by atoms with E-state index in [0.717, 1.165) is 19.5 Å². The minimum atomic E-state index is 0.966. The maximum absolute atomic E-state index is 3.48. The van der Waals surface area contributed by atoms with Crippen LogP contribution in [-0.4, -0.2) is 10.9 Å². The molecule has 3 aromatic rings. The van der Waals surface area contributed by atoms with E-state index in [9.17, 15) is 0 Å². The molecule has 1 aliphatic rings. The zero-order valence-electron chi connectivity index (χ0n) is 10.8. The SMILES string of the molecule is c1ccc(-c2c3c(n4ccccc24)CNCC3)cc1. The van der Waals surface area contributed by atoms with Crippen LogP contribution in [0.1, 0.15) is 11.3 Å². The minimum Gasteiger partial charge on any atom is -0.319 e. The van der Waals surface area contributed by atoms with E-state index in [1.54, 1.807) is 0 Å². The molecule has 0 spiro atoms. The van der Waals surface area contributed by atoms with E-state index in [2.05, 4.69) is 64.4 Å². The van der Waals surface area contributed by atoms with Crippen LogP contribution >= 0.6 is 0 Å². The molecule has 0 unspecified atom stereocenters. The monoisotopic (exact) mass is 248 g/mol. The molecule has 0 saturated heterocycles. The number of rotatable bonds is 1. The van der Waals surface area contributed by atoms with Crippen LogP contribution < -0.4 is 5.32 Å². The highest BCUT2D eigenvalue weighted by Crippen LogP contribution is 2.34. The van der Waals surface area contributed by atoms with E-state index < -0.39 is 0 Å². The van der Waals surface area contributed by atoms with Gasteiger partial charge in [0.2, 0.25) is 0 Å². The molecule has 1 N–H and O–H groups in total. The number of hydrogen-bond donors (Lipinski definition) is 1. The molecule has 1 aromatic carbocycles. The molecule has 4 rings (SSSR count). The molecular weight excluding hydrogens is 232 g/mol. The predicted octanol–water partition coefficient (Wildman–Crippen LogP) is 3.25. The van der Waals surface area contributed by atoms with Crippen molar-refractivity contribution in [1.29, 1.82) is 0 Å². The second-order valence-electron chi connectivity index (χ2n) is 5.05. The fourth-order valence-corrected chi connectivity index (χ4v) is 3.13. The Balaban J connectivity index is 2.09. The number of benzene rings is 1. The van der Waals surface area contributed by atoms with Crippen LogP contribution in [0.3, 0.4) is 0 Å². The molecule has 94 valence electrons. The molecule has 0 fully saturated rings. The lowest BCUT2D eigenvalue weighted by atomic mass is 9.97. The molecule has 2 heteroatoms. The Hall–Kier alpha value is -2.06. The number of fused-ring (bicyclic) bond motifs is 3. The van der Waals surface area contributed by atoms with Gasteiger partial charge < -0.3 is 9.72 Å². The molecule has 2 aromatic heterocycles. The van der Waals surface area contributed by atoms with Gasteiger partial charge in [-0.15, -0.1) is 0 Å². The van der Waals surface area contributed by atoms with Crippen molar-refractivity contribution in [2.24, 2.45) is 0 Å². The van der Waals surface area contributed by atoms with Crippen LogP contribution in [0.15, 0.2) is 54.7 Å². The molecule has 0 saturated carbocycles. The Morgan fingerprint density at radius 3 is 2.68 bits per heavy atom. The Morgan fingerprint density at radius 2 is 1.79 bits per heavy atom. The first kappa shape index (κ1) is 10.8. The van der Waals surface area contributed by atoms with Gasteiger partial charge in [0.15, 0.2) is 0 Å². The smallest absolute Gasteiger partial charge is 0.0534 e. The summed E-state index contributed by atoms with van der Waals surface area (Å²) in [5, 5.41) is 3.48. The lowest BCUT2D eigenvalue weighted by molar-refractivity contribution is 0.628. The van der Waals surface area contributed by atoms with E-state index in [-0.39, 0.29) is 0 Å². The Kier molecular flexibility index (Phi) is 2.42. The molecule has 19 heavy (non-hydrogen) atoms. The van der Waals surface area contributed by atoms with Gasteiger partial charge >= 0.3 is 0 Å². The van der Waals surface area contributed by atoms with Crippen LogP contribution in [0.4, 0.5) is 0 Å². The van der Waals surface area contributed by atoms with Crippen molar-refractivity contribution in [1.82, 2.24) is 9.72 Å². The van der Waals surface area contributed by atoms with Gasteiger partial charge in [0.05, 0.1) is 5.52 Å². The van der Waals surface area contributed by atoms with Gasteiger partial charge in [0.1, 0.15) is 0 Å². The fourth-order valence-electron chi connectivity index (χ4n) is 3.13. The van der Waals surface area contributed by atoms with Crippen LogP contribution in [0.5, 0.6) is 0 Å². The van der Waals surface area contributed by atoms with Gasteiger partial charge in [0.25, 0.3) is 0 Å². The molecule has 0 bridgehead atoms. The van der Waals surface area contributed by atoms with Crippen molar-refractivity contribution < 1.29 is 0 Å². The standard InChI is InChI=1S/C17H16N2/c1-2-6-13(7-3-1)17-14-9-10-18-12-16(14)19-11-5-4-8-15(17)19/h1-8,11,18H,9-10,12H2. The summed E-state index contributed by atoms with van der Waals surface area (Å²) in [4.78, 5) is 0. The lowest BCUT2D eigenvalue weighted by Crippen LogP contribution is -2.24. The van der Waals surface area contributed by atoms with Crippen LogP contribution in [0, 0.1) is 0 Å². The topological polar surface area (TPSA) is 16.4 Å². The number of nitrogens with zero attached hydrogens (tertiary/aromatic N) is 1. The molecule has 0 aliphatic carbocycles. The summed E-state index contributed by atoms with van der Waals surface area (Å²) in [6.45, 7) is 2.04. The van der Waals surface area contributed by atoms with Gasteiger partial charge in [-0.25, -0.2) is 0 Å². The second-order valence-corrected chi connectivity index (χ2v) is 5.05. The highest BCUT2D eigenvalue weighted by molar-refractivity contribution is 5.85. The van der Waals surface area contributed by atoms with Crippen molar-refractivity contribution in [2.75, 3.05) is 6.54 Å². The normalized spacial score (nSPS) is 14.5. The van der Waals surface area contributed by atoms with Crippen molar-refractivity contribution in [3.8, 4) is 11.1 Å². The number of aromatic nitrogens is 1. The first-order valence-corrected chi connectivity index (χ1v) is 6.82. The third kappa shape index (κ3) is 1.60. The van der Waals surface area contributed by atoms with E-state index >= 15 is 0 Å².